The fourth-order valence-electron chi connectivity index (χ4n) is 5.03. The van der Waals surface area contributed by atoms with Crippen molar-refractivity contribution in [3.8, 4) is 17.1 Å². The molecule has 0 aliphatic carbocycles. The number of alkyl halides is 1. The first-order chi connectivity index (χ1) is 18.2. The number of nitrogens with one attached hydrogen (secondary N) is 1. The van der Waals surface area contributed by atoms with Crippen molar-refractivity contribution in [2.45, 2.75) is 51.3 Å². The summed E-state index contributed by atoms with van der Waals surface area (Å²) in [6.45, 7) is 8.53. The molecular formula is C27H38FN5O4S. The maximum Gasteiger partial charge on any atom is 0.275 e. The molecule has 0 atom stereocenters. The quantitative estimate of drug-likeness (QED) is 0.393. The van der Waals surface area contributed by atoms with E-state index >= 15 is 0 Å². The summed E-state index contributed by atoms with van der Waals surface area (Å²) in [6.07, 6.45) is 2.91. The molecule has 2 aromatic heterocycles. The number of rotatable bonds is 11. The Bertz CT molecular complexity index is 1440. The summed E-state index contributed by atoms with van der Waals surface area (Å²) < 4.78 is 49.0. The molecule has 0 spiro atoms. The summed E-state index contributed by atoms with van der Waals surface area (Å²) in [5.74, 6) is 0.749. The fourth-order valence-corrected chi connectivity index (χ4v) is 6.47. The molecule has 0 radical (unpaired) electrons. The van der Waals surface area contributed by atoms with E-state index in [2.05, 4.69) is 16.8 Å². The van der Waals surface area contributed by atoms with Gasteiger partial charge in [-0.2, -0.15) is 4.31 Å². The molecule has 1 fully saturated rings. The van der Waals surface area contributed by atoms with Crippen LogP contribution in [0, 0.1) is 6.92 Å². The molecule has 1 aromatic carbocycles. The Hall–Kier alpha value is -2.76. The van der Waals surface area contributed by atoms with Crippen molar-refractivity contribution in [2.24, 2.45) is 7.05 Å². The van der Waals surface area contributed by atoms with Crippen LogP contribution in [0.1, 0.15) is 44.4 Å². The SMILES string of the molecule is CCCOc1ccc(S(=O)(=O)N2CCN(CCCF)CC2)cc1-c1nc2c(CCC)c(C)n(C)c2c(=O)[nH]1. The number of benzene rings is 1. The van der Waals surface area contributed by atoms with E-state index in [0.717, 1.165) is 30.5 Å². The molecule has 38 heavy (non-hydrogen) atoms. The zero-order valence-electron chi connectivity index (χ0n) is 22.7. The Morgan fingerprint density at radius 1 is 1.13 bits per heavy atom. The van der Waals surface area contributed by atoms with Crippen molar-refractivity contribution in [3.05, 3.63) is 39.8 Å². The van der Waals surface area contributed by atoms with Gasteiger partial charge in [0.15, 0.2) is 0 Å². The van der Waals surface area contributed by atoms with Crippen LogP contribution in [0.15, 0.2) is 27.9 Å². The number of aromatic nitrogens is 3. The summed E-state index contributed by atoms with van der Waals surface area (Å²) in [5, 5.41) is 0. The van der Waals surface area contributed by atoms with Crippen molar-refractivity contribution in [3.63, 3.8) is 0 Å². The molecular weight excluding hydrogens is 509 g/mol. The van der Waals surface area contributed by atoms with Crippen LogP contribution < -0.4 is 10.3 Å². The molecule has 4 rings (SSSR count). The standard InChI is InChI=1S/C27H38FN5O4S/c1-5-8-21-19(3)31(4)25-24(21)29-26(30-27(25)34)22-18-20(9-10-23(22)37-17-6-2)38(35,36)33-15-13-32(14-16-33)12-7-11-28/h9-10,18H,5-8,11-17H2,1-4H3,(H,29,30,34). The lowest BCUT2D eigenvalue weighted by atomic mass is 10.1. The van der Waals surface area contributed by atoms with Crippen LogP contribution in [-0.2, 0) is 23.5 Å². The predicted octanol–water partition coefficient (Wildman–Crippen LogP) is 3.64. The summed E-state index contributed by atoms with van der Waals surface area (Å²) in [6, 6.07) is 4.74. The van der Waals surface area contributed by atoms with E-state index in [9.17, 15) is 17.6 Å². The van der Waals surface area contributed by atoms with E-state index in [1.807, 2.05) is 25.5 Å². The van der Waals surface area contributed by atoms with Gasteiger partial charge >= 0.3 is 0 Å². The van der Waals surface area contributed by atoms with E-state index < -0.39 is 10.0 Å². The molecule has 0 amide bonds. The molecule has 11 heteroatoms. The number of sulfonamides is 1. The highest BCUT2D eigenvalue weighted by atomic mass is 32.2. The lowest BCUT2D eigenvalue weighted by Crippen LogP contribution is -2.48. The zero-order chi connectivity index (χ0) is 27.4. The number of ether oxygens (including phenoxy) is 1. The van der Waals surface area contributed by atoms with Gasteiger partial charge in [0.05, 0.1) is 29.3 Å². The fraction of sp³-hybridized carbons (Fsp3) is 0.556. The number of halogens is 1. The molecule has 9 nitrogen and oxygen atoms in total. The monoisotopic (exact) mass is 547 g/mol. The number of aromatic amines is 1. The summed E-state index contributed by atoms with van der Waals surface area (Å²) in [5.41, 5.74) is 3.29. The largest absolute Gasteiger partial charge is 0.493 e. The van der Waals surface area contributed by atoms with E-state index in [1.165, 1.54) is 4.31 Å². The minimum absolute atomic E-state index is 0.120. The van der Waals surface area contributed by atoms with Crippen LogP contribution in [0.5, 0.6) is 5.75 Å². The van der Waals surface area contributed by atoms with Gasteiger partial charge in [0.1, 0.15) is 17.1 Å². The second-order valence-corrected chi connectivity index (χ2v) is 11.7. The molecule has 0 saturated carbocycles. The van der Waals surface area contributed by atoms with Crippen LogP contribution in [0.25, 0.3) is 22.4 Å². The van der Waals surface area contributed by atoms with E-state index in [-0.39, 0.29) is 23.0 Å². The van der Waals surface area contributed by atoms with Gasteiger partial charge in [-0.25, -0.2) is 13.4 Å². The second kappa shape index (κ2) is 12.0. The van der Waals surface area contributed by atoms with Gasteiger partial charge < -0.3 is 19.2 Å². The van der Waals surface area contributed by atoms with Crippen molar-refractivity contribution in [2.75, 3.05) is 46.0 Å². The van der Waals surface area contributed by atoms with Gasteiger partial charge in [0, 0.05) is 45.5 Å². The summed E-state index contributed by atoms with van der Waals surface area (Å²) >= 11 is 0. The molecule has 1 aliphatic heterocycles. The number of H-pyrrole nitrogens is 1. The molecule has 0 unspecified atom stereocenters. The topological polar surface area (TPSA) is 101 Å². The van der Waals surface area contributed by atoms with Crippen LogP contribution in [0.2, 0.25) is 0 Å². The smallest absolute Gasteiger partial charge is 0.275 e. The number of fused-ring (bicyclic) bond motifs is 1. The zero-order valence-corrected chi connectivity index (χ0v) is 23.5. The van der Waals surface area contributed by atoms with Crippen molar-refractivity contribution < 1.29 is 17.5 Å². The lowest BCUT2D eigenvalue weighted by Gasteiger charge is -2.33. The number of nitrogens with zero attached hydrogens (tertiary/aromatic N) is 4. The average Bonchev–Trinajstić information content (AvgIpc) is 3.16. The van der Waals surface area contributed by atoms with Crippen LogP contribution in [-0.4, -0.2) is 78.2 Å². The van der Waals surface area contributed by atoms with E-state index in [4.69, 9.17) is 9.72 Å². The highest BCUT2D eigenvalue weighted by Gasteiger charge is 2.29. The van der Waals surface area contributed by atoms with Crippen LogP contribution >= 0.6 is 0 Å². The average molecular weight is 548 g/mol. The normalized spacial score (nSPS) is 15.4. The van der Waals surface area contributed by atoms with Crippen molar-refractivity contribution in [1.29, 1.82) is 0 Å². The molecule has 1 saturated heterocycles. The summed E-state index contributed by atoms with van der Waals surface area (Å²) in [7, 11) is -1.94. The van der Waals surface area contributed by atoms with E-state index in [1.54, 1.807) is 18.2 Å². The summed E-state index contributed by atoms with van der Waals surface area (Å²) in [4.78, 5) is 23.1. The molecule has 3 heterocycles. The third-order valence-electron chi connectivity index (χ3n) is 7.20. The van der Waals surface area contributed by atoms with Gasteiger partial charge in [-0.05, 0) is 49.9 Å². The highest BCUT2D eigenvalue weighted by Crippen LogP contribution is 2.33. The Labute approximate surface area is 223 Å². The maximum absolute atomic E-state index is 13.6. The second-order valence-electron chi connectivity index (χ2n) is 9.78. The van der Waals surface area contributed by atoms with Gasteiger partial charge in [-0.15, -0.1) is 0 Å². The number of aryl methyl sites for hydroxylation is 2. The van der Waals surface area contributed by atoms with Gasteiger partial charge in [-0.1, -0.05) is 20.3 Å². The molecule has 3 aromatic rings. The Balaban J connectivity index is 1.77. The molecule has 0 bridgehead atoms. The maximum atomic E-state index is 13.6. The number of hydrogen-bond acceptors (Lipinski definition) is 6. The predicted molar refractivity (Wildman–Crippen MR) is 147 cm³/mol. The number of hydrogen-bond donors (Lipinski definition) is 1. The highest BCUT2D eigenvalue weighted by molar-refractivity contribution is 7.89. The Morgan fingerprint density at radius 2 is 1.87 bits per heavy atom. The minimum Gasteiger partial charge on any atom is -0.493 e. The molecule has 1 aliphatic rings. The van der Waals surface area contributed by atoms with Crippen LogP contribution in [0.3, 0.4) is 0 Å². The van der Waals surface area contributed by atoms with Gasteiger partial charge in [0.2, 0.25) is 10.0 Å². The first-order valence-corrected chi connectivity index (χ1v) is 14.8. The third-order valence-corrected chi connectivity index (χ3v) is 9.10. The first kappa shape index (κ1) is 28.3. The van der Waals surface area contributed by atoms with Gasteiger partial charge in [0.25, 0.3) is 5.56 Å². The van der Waals surface area contributed by atoms with Gasteiger partial charge in [-0.3, -0.25) is 9.18 Å². The molecule has 1 N–H and O–H groups in total. The Kier molecular flexibility index (Phi) is 8.89. The first-order valence-electron chi connectivity index (χ1n) is 13.4. The van der Waals surface area contributed by atoms with Crippen molar-refractivity contribution >= 4 is 21.1 Å². The lowest BCUT2D eigenvalue weighted by molar-refractivity contribution is 0.182. The van der Waals surface area contributed by atoms with Crippen molar-refractivity contribution in [1.82, 2.24) is 23.7 Å². The molecule has 208 valence electrons. The number of piperazine rings is 1. The minimum atomic E-state index is -3.79. The van der Waals surface area contributed by atoms with Crippen LogP contribution in [0.4, 0.5) is 4.39 Å². The van der Waals surface area contributed by atoms with E-state index in [0.29, 0.717) is 68.1 Å². The third kappa shape index (κ3) is 5.50. The Morgan fingerprint density at radius 3 is 2.53 bits per heavy atom.